The molecule has 152 valence electrons. The molecule has 0 radical (unpaired) electrons. The molecular formula is C19H23F3N4O2. The molecule has 0 saturated carbocycles. The molecule has 2 heterocycles. The number of amides is 1. The summed E-state index contributed by atoms with van der Waals surface area (Å²) in [5.41, 5.74) is -0.197. The average Bonchev–Trinajstić information content (AvgIpc) is 3.14. The van der Waals surface area contributed by atoms with E-state index in [1.54, 1.807) is 12.1 Å². The Morgan fingerprint density at radius 3 is 2.89 bits per heavy atom. The zero-order valence-electron chi connectivity index (χ0n) is 15.6. The van der Waals surface area contributed by atoms with Crippen LogP contribution in [0.4, 0.5) is 13.2 Å². The fourth-order valence-corrected chi connectivity index (χ4v) is 3.62. The number of nitrogens with zero attached hydrogens (tertiary/aromatic N) is 3. The van der Waals surface area contributed by atoms with Crippen molar-refractivity contribution >= 4 is 5.91 Å². The number of rotatable bonds is 6. The van der Waals surface area contributed by atoms with E-state index < -0.39 is 17.6 Å². The molecule has 0 unspecified atom stereocenters. The summed E-state index contributed by atoms with van der Waals surface area (Å²) in [4.78, 5) is 17.7. The number of hydrogen-bond acceptors (Lipinski definition) is 5. The van der Waals surface area contributed by atoms with Gasteiger partial charge in [-0.05, 0) is 49.8 Å². The summed E-state index contributed by atoms with van der Waals surface area (Å²) in [5.74, 6) is 0.232. The van der Waals surface area contributed by atoms with Gasteiger partial charge in [-0.25, -0.2) is 0 Å². The molecule has 1 aromatic carbocycles. The first-order valence-electron chi connectivity index (χ1n) is 9.29. The van der Waals surface area contributed by atoms with E-state index in [4.69, 9.17) is 4.52 Å². The second-order valence-corrected chi connectivity index (χ2v) is 7.03. The smallest absolute Gasteiger partial charge is 0.351 e. The topological polar surface area (TPSA) is 71.3 Å². The fourth-order valence-electron chi connectivity index (χ4n) is 3.62. The lowest BCUT2D eigenvalue weighted by Crippen LogP contribution is -2.35. The Kier molecular flexibility index (Phi) is 6.33. The highest BCUT2D eigenvalue weighted by Gasteiger charge is 2.33. The predicted octanol–water partition coefficient (Wildman–Crippen LogP) is 3.29. The summed E-state index contributed by atoms with van der Waals surface area (Å²) in [5, 5.41) is 6.25. The molecule has 2 aromatic rings. The van der Waals surface area contributed by atoms with Crippen molar-refractivity contribution in [3.05, 3.63) is 47.1 Å². The Balaban J connectivity index is 1.56. The number of carbonyl (C=O) groups excluding carboxylic acids is 1. The lowest BCUT2D eigenvalue weighted by atomic mass is 9.90. The van der Waals surface area contributed by atoms with Gasteiger partial charge in [-0.2, -0.15) is 18.2 Å². The molecule has 1 aromatic heterocycles. The quantitative estimate of drug-likeness (QED) is 0.811. The average molecular weight is 396 g/mol. The summed E-state index contributed by atoms with van der Waals surface area (Å²) in [7, 11) is 1.48. The van der Waals surface area contributed by atoms with Gasteiger partial charge in [0, 0.05) is 13.6 Å². The Morgan fingerprint density at radius 2 is 2.14 bits per heavy atom. The Labute approximate surface area is 161 Å². The summed E-state index contributed by atoms with van der Waals surface area (Å²) < 4.78 is 44.4. The molecule has 3 rings (SSSR count). The van der Waals surface area contributed by atoms with E-state index in [1.165, 1.54) is 13.1 Å². The van der Waals surface area contributed by atoms with Crippen molar-refractivity contribution in [2.75, 3.05) is 20.1 Å². The van der Waals surface area contributed by atoms with Crippen LogP contribution in [0.5, 0.6) is 0 Å². The summed E-state index contributed by atoms with van der Waals surface area (Å²) in [6, 6.07) is 5.77. The number of aromatic nitrogens is 2. The van der Waals surface area contributed by atoms with Crippen molar-refractivity contribution in [3.8, 4) is 0 Å². The first-order chi connectivity index (χ1) is 13.4. The van der Waals surface area contributed by atoms with Gasteiger partial charge < -0.3 is 9.84 Å². The summed E-state index contributed by atoms with van der Waals surface area (Å²) >= 11 is 0. The molecule has 6 nitrogen and oxygen atoms in total. The molecule has 1 aliphatic rings. The van der Waals surface area contributed by atoms with Crippen molar-refractivity contribution in [1.82, 2.24) is 20.4 Å². The van der Waals surface area contributed by atoms with Crippen LogP contribution in [0.2, 0.25) is 0 Å². The lowest BCUT2D eigenvalue weighted by molar-refractivity contribution is -0.138. The molecule has 0 aliphatic carbocycles. The third-order valence-corrected chi connectivity index (χ3v) is 5.00. The Bertz CT molecular complexity index is 806. The molecule has 0 spiro atoms. The normalized spacial score (nSPS) is 18.2. The zero-order valence-corrected chi connectivity index (χ0v) is 15.6. The van der Waals surface area contributed by atoms with Crippen molar-refractivity contribution in [2.45, 2.75) is 38.4 Å². The van der Waals surface area contributed by atoms with Crippen molar-refractivity contribution in [3.63, 3.8) is 0 Å². The predicted molar refractivity (Wildman–Crippen MR) is 95.5 cm³/mol. The second-order valence-electron chi connectivity index (χ2n) is 7.03. The van der Waals surface area contributed by atoms with Gasteiger partial charge in [0.2, 0.25) is 0 Å². The number of alkyl halides is 3. The molecule has 1 fully saturated rings. The highest BCUT2D eigenvalue weighted by Crippen LogP contribution is 2.33. The standard InChI is InChI=1S/C19H23F3N4O2/c1-23-17(27)18-24-16(25-28-18)12-26-10-4-5-13(11-26)8-9-14-6-2-3-7-15(14)19(20,21)22/h2-3,6-7,13H,4-5,8-12H2,1H3,(H,23,27)/t13-/m0/s1. The van der Waals surface area contributed by atoms with Crippen LogP contribution >= 0.6 is 0 Å². The van der Waals surface area contributed by atoms with Gasteiger partial charge in [0.25, 0.3) is 0 Å². The number of nitrogens with one attached hydrogen (secondary N) is 1. The molecule has 0 bridgehead atoms. The Hall–Kier alpha value is -2.42. The van der Waals surface area contributed by atoms with Crippen LogP contribution in [-0.4, -0.2) is 41.1 Å². The largest absolute Gasteiger partial charge is 0.416 e. The number of benzene rings is 1. The summed E-state index contributed by atoms with van der Waals surface area (Å²) in [6.45, 7) is 2.08. The number of piperidine rings is 1. The van der Waals surface area contributed by atoms with Gasteiger partial charge >= 0.3 is 18.0 Å². The van der Waals surface area contributed by atoms with E-state index in [0.29, 0.717) is 36.7 Å². The van der Waals surface area contributed by atoms with Crippen LogP contribution in [0.25, 0.3) is 0 Å². The van der Waals surface area contributed by atoms with Crippen molar-refractivity contribution in [2.24, 2.45) is 5.92 Å². The molecule has 1 saturated heterocycles. The molecule has 9 heteroatoms. The number of halogens is 3. The van der Waals surface area contributed by atoms with E-state index >= 15 is 0 Å². The van der Waals surface area contributed by atoms with Crippen LogP contribution in [0.3, 0.4) is 0 Å². The van der Waals surface area contributed by atoms with Gasteiger partial charge in [0.1, 0.15) is 0 Å². The van der Waals surface area contributed by atoms with Gasteiger partial charge in [0.05, 0.1) is 12.1 Å². The first-order valence-corrected chi connectivity index (χ1v) is 9.29. The van der Waals surface area contributed by atoms with Crippen molar-refractivity contribution < 1.29 is 22.5 Å². The maximum absolute atomic E-state index is 13.1. The number of likely N-dealkylation sites (tertiary alicyclic amines) is 1. The van der Waals surface area contributed by atoms with Crippen LogP contribution in [0.15, 0.2) is 28.8 Å². The highest BCUT2D eigenvalue weighted by molar-refractivity contribution is 5.89. The van der Waals surface area contributed by atoms with E-state index in [2.05, 4.69) is 20.4 Å². The monoisotopic (exact) mass is 396 g/mol. The second kappa shape index (κ2) is 8.72. The zero-order chi connectivity index (χ0) is 20.1. The van der Waals surface area contributed by atoms with Gasteiger partial charge in [-0.15, -0.1) is 0 Å². The SMILES string of the molecule is CNC(=O)c1nc(CN2CCC[C@@H](CCc3ccccc3C(F)(F)F)C2)no1. The van der Waals surface area contributed by atoms with Crippen LogP contribution < -0.4 is 5.32 Å². The third-order valence-electron chi connectivity index (χ3n) is 5.00. The van der Waals surface area contributed by atoms with Crippen LogP contribution in [-0.2, 0) is 19.1 Å². The molecule has 1 atom stereocenters. The number of carbonyl (C=O) groups is 1. The first kappa shape index (κ1) is 20.3. The van der Waals surface area contributed by atoms with E-state index in [-0.39, 0.29) is 5.89 Å². The van der Waals surface area contributed by atoms with E-state index in [1.807, 2.05) is 0 Å². The minimum absolute atomic E-state index is 0.0742. The number of hydrogen-bond donors (Lipinski definition) is 1. The van der Waals surface area contributed by atoms with Gasteiger partial charge in [0.15, 0.2) is 5.82 Å². The Morgan fingerprint density at radius 1 is 1.36 bits per heavy atom. The third kappa shape index (κ3) is 5.09. The van der Waals surface area contributed by atoms with Crippen LogP contribution in [0, 0.1) is 5.92 Å². The highest BCUT2D eigenvalue weighted by atomic mass is 19.4. The minimum Gasteiger partial charge on any atom is -0.351 e. The molecule has 1 amide bonds. The minimum atomic E-state index is -4.32. The molecule has 1 N–H and O–H groups in total. The van der Waals surface area contributed by atoms with E-state index in [9.17, 15) is 18.0 Å². The van der Waals surface area contributed by atoms with Crippen LogP contribution in [0.1, 0.15) is 46.9 Å². The summed E-state index contributed by atoms with van der Waals surface area (Å²) in [6.07, 6.45) is -1.28. The molecule has 1 aliphatic heterocycles. The molecular weight excluding hydrogens is 373 g/mol. The number of aryl methyl sites for hydroxylation is 1. The maximum Gasteiger partial charge on any atom is 0.416 e. The maximum atomic E-state index is 13.1. The van der Waals surface area contributed by atoms with E-state index in [0.717, 1.165) is 32.0 Å². The van der Waals surface area contributed by atoms with Gasteiger partial charge in [-0.3, -0.25) is 9.69 Å². The van der Waals surface area contributed by atoms with Crippen molar-refractivity contribution in [1.29, 1.82) is 0 Å². The van der Waals surface area contributed by atoms with Gasteiger partial charge in [-0.1, -0.05) is 23.4 Å². The lowest BCUT2D eigenvalue weighted by Gasteiger charge is -2.32. The fraction of sp³-hybridized carbons (Fsp3) is 0.526. The molecule has 28 heavy (non-hydrogen) atoms.